The molecule has 2 rings (SSSR count). The number of fused-ring (bicyclic) bond motifs is 2. The lowest BCUT2D eigenvalue weighted by atomic mass is 9.78. The molecule has 4 atom stereocenters. The van der Waals surface area contributed by atoms with Gasteiger partial charge < -0.3 is 9.47 Å². The van der Waals surface area contributed by atoms with E-state index in [-0.39, 0.29) is 17.7 Å². The van der Waals surface area contributed by atoms with Gasteiger partial charge >= 0.3 is 0 Å². The Morgan fingerprint density at radius 3 is 2.83 bits per heavy atom. The quantitative estimate of drug-likeness (QED) is 0.542. The maximum atomic E-state index is 5.82. The van der Waals surface area contributed by atoms with Crippen molar-refractivity contribution in [3.05, 3.63) is 0 Å². The Balaban J connectivity index is 2.23. The van der Waals surface area contributed by atoms with Crippen LogP contribution in [0.3, 0.4) is 0 Å². The summed E-state index contributed by atoms with van der Waals surface area (Å²) in [4.78, 5) is 0. The SMILES string of the molecule is [B][C@@H]1O[C@@]2(C)CCO[C@H]1[C@H]2CC. The van der Waals surface area contributed by atoms with Gasteiger partial charge in [-0.25, -0.2) is 0 Å². The summed E-state index contributed by atoms with van der Waals surface area (Å²) in [5.74, 6) is 0.487. The maximum absolute atomic E-state index is 5.82. The molecule has 0 spiro atoms. The molecule has 2 aliphatic heterocycles. The molecule has 0 aromatic rings. The van der Waals surface area contributed by atoms with Gasteiger partial charge in [-0.15, -0.1) is 0 Å². The van der Waals surface area contributed by atoms with Gasteiger partial charge in [0.25, 0.3) is 0 Å². The minimum atomic E-state index is -0.206. The molecule has 2 heterocycles. The highest BCUT2D eigenvalue weighted by Gasteiger charge is 2.52. The maximum Gasteiger partial charge on any atom is 0.112 e. The first kappa shape index (κ1) is 8.58. The lowest BCUT2D eigenvalue weighted by molar-refractivity contribution is -0.0614. The van der Waals surface area contributed by atoms with E-state index in [2.05, 4.69) is 13.8 Å². The second-order valence-corrected chi connectivity index (χ2v) is 4.00. The molecular weight excluding hydrogens is 151 g/mol. The average molecular weight is 166 g/mol. The molecule has 0 aliphatic carbocycles. The molecular formula is C9H15BO2. The van der Waals surface area contributed by atoms with Crippen molar-refractivity contribution in [3.8, 4) is 0 Å². The third-order valence-corrected chi connectivity index (χ3v) is 3.26. The fourth-order valence-electron chi connectivity index (χ4n) is 2.56. The Morgan fingerprint density at radius 1 is 1.58 bits per heavy atom. The minimum Gasteiger partial charge on any atom is -0.379 e. The van der Waals surface area contributed by atoms with E-state index >= 15 is 0 Å². The van der Waals surface area contributed by atoms with Crippen LogP contribution in [0.4, 0.5) is 0 Å². The molecule has 12 heavy (non-hydrogen) atoms. The molecule has 0 aromatic heterocycles. The van der Waals surface area contributed by atoms with Crippen LogP contribution in [0.25, 0.3) is 0 Å². The standard InChI is InChI=1S/C9H15BO2/c1-3-6-7-8(10)12-9(6,2)4-5-11-7/h6-8H,3-5H2,1-2H3/t6-,7+,8-,9+/m1/s1. The van der Waals surface area contributed by atoms with E-state index in [9.17, 15) is 0 Å². The van der Waals surface area contributed by atoms with Crippen molar-refractivity contribution in [2.75, 3.05) is 6.61 Å². The fourth-order valence-corrected chi connectivity index (χ4v) is 2.56. The summed E-state index contributed by atoms with van der Waals surface area (Å²) in [7, 11) is 5.82. The molecule has 3 heteroatoms. The van der Waals surface area contributed by atoms with Gasteiger partial charge in [0.1, 0.15) is 7.85 Å². The molecule has 0 unspecified atom stereocenters. The lowest BCUT2D eigenvalue weighted by Gasteiger charge is -2.35. The number of rotatable bonds is 1. The molecule has 2 radical (unpaired) electrons. The monoisotopic (exact) mass is 166 g/mol. The van der Waals surface area contributed by atoms with Gasteiger partial charge in [-0.3, -0.25) is 0 Å². The van der Waals surface area contributed by atoms with Gasteiger partial charge in [-0.1, -0.05) is 6.92 Å². The Labute approximate surface area is 75.0 Å². The van der Waals surface area contributed by atoms with Crippen LogP contribution in [0.5, 0.6) is 0 Å². The summed E-state index contributed by atoms with van der Waals surface area (Å²) in [6, 6.07) is -0.206. The largest absolute Gasteiger partial charge is 0.379 e. The summed E-state index contributed by atoms with van der Waals surface area (Å²) in [5.41, 5.74) is -0.0168. The summed E-state index contributed by atoms with van der Waals surface area (Å²) < 4.78 is 11.3. The van der Waals surface area contributed by atoms with Crippen molar-refractivity contribution in [3.63, 3.8) is 0 Å². The Hall–Kier alpha value is -0.0151. The fraction of sp³-hybridized carbons (Fsp3) is 1.00. The average Bonchev–Trinajstić information content (AvgIpc) is 2.14. The minimum absolute atomic E-state index is 0.0168. The van der Waals surface area contributed by atoms with E-state index < -0.39 is 0 Å². The molecule has 66 valence electrons. The van der Waals surface area contributed by atoms with E-state index in [1.54, 1.807) is 0 Å². The highest BCUT2D eigenvalue weighted by molar-refractivity contribution is 6.11. The van der Waals surface area contributed by atoms with Crippen LogP contribution < -0.4 is 0 Å². The zero-order valence-electron chi connectivity index (χ0n) is 7.75. The molecule has 2 fully saturated rings. The molecule has 0 saturated carbocycles. The van der Waals surface area contributed by atoms with Crippen LogP contribution in [0, 0.1) is 5.92 Å². The van der Waals surface area contributed by atoms with Crippen LogP contribution >= 0.6 is 0 Å². The zero-order chi connectivity index (χ0) is 8.77. The van der Waals surface area contributed by atoms with Crippen molar-refractivity contribution >= 4 is 7.85 Å². The van der Waals surface area contributed by atoms with Crippen molar-refractivity contribution in [2.24, 2.45) is 5.92 Å². The Kier molecular flexibility index (Phi) is 1.96. The third-order valence-electron chi connectivity index (χ3n) is 3.26. The smallest absolute Gasteiger partial charge is 0.112 e. The second-order valence-electron chi connectivity index (χ2n) is 4.00. The summed E-state index contributed by atoms with van der Waals surface area (Å²) >= 11 is 0. The van der Waals surface area contributed by atoms with Gasteiger partial charge in [0.05, 0.1) is 11.7 Å². The highest BCUT2D eigenvalue weighted by Crippen LogP contribution is 2.44. The molecule has 2 bridgehead atoms. The van der Waals surface area contributed by atoms with Gasteiger partial charge in [-0.2, -0.15) is 0 Å². The molecule has 2 aliphatic rings. The second kappa shape index (κ2) is 2.74. The predicted molar refractivity (Wildman–Crippen MR) is 47.2 cm³/mol. The predicted octanol–water partition coefficient (Wildman–Crippen LogP) is 1.08. The van der Waals surface area contributed by atoms with E-state index in [0.29, 0.717) is 5.92 Å². The van der Waals surface area contributed by atoms with Crippen molar-refractivity contribution < 1.29 is 9.47 Å². The normalized spacial score (nSPS) is 52.7. The topological polar surface area (TPSA) is 18.5 Å². The summed E-state index contributed by atoms with van der Waals surface area (Å²) in [6.07, 6.45) is 2.21. The molecule has 2 nitrogen and oxygen atoms in total. The van der Waals surface area contributed by atoms with Gasteiger partial charge in [-0.05, 0) is 19.8 Å². The van der Waals surface area contributed by atoms with Gasteiger partial charge in [0.2, 0.25) is 0 Å². The van der Waals surface area contributed by atoms with Gasteiger partial charge in [0, 0.05) is 18.5 Å². The first-order valence-electron chi connectivity index (χ1n) is 4.72. The van der Waals surface area contributed by atoms with Crippen LogP contribution in [-0.2, 0) is 9.47 Å². The van der Waals surface area contributed by atoms with Gasteiger partial charge in [0.15, 0.2) is 0 Å². The lowest BCUT2D eigenvalue weighted by Crippen LogP contribution is -2.42. The van der Waals surface area contributed by atoms with E-state index in [1.165, 1.54) is 0 Å². The van der Waals surface area contributed by atoms with Crippen LogP contribution in [-0.4, -0.2) is 32.2 Å². The highest BCUT2D eigenvalue weighted by atomic mass is 16.6. The van der Waals surface area contributed by atoms with Crippen LogP contribution in [0.1, 0.15) is 26.7 Å². The van der Waals surface area contributed by atoms with E-state index in [4.69, 9.17) is 17.3 Å². The number of ether oxygens (including phenoxy) is 2. The molecule has 2 saturated heterocycles. The first-order valence-corrected chi connectivity index (χ1v) is 4.72. The van der Waals surface area contributed by atoms with Crippen LogP contribution in [0.15, 0.2) is 0 Å². The third kappa shape index (κ3) is 1.03. The summed E-state index contributed by atoms with van der Waals surface area (Å²) in [6.45, 7) is 5.13. The number of hydrogen-bond acceptors (Lipinski definition) is 2. The molecule has 0 aromatic carbocycles. The van der Waals surface area contributed by atoms with E-state index in [1.807, 2.05) is 0 Å². The van der Waals surface area contributed by atoms with Crippen molar-refractivity contribution in [1.82, 2.24) is 0 Å². The molecule has 0 amide bonds. The zero-order valence-corrected chi connectivity index (χ0v) is 7.75. The number of hydrogen-bond donors (Lipinski definition) is 0. The molecule has 0 N–H and O–H groups in total. The van der Waals surface area contributed by atoms with E-state index in [0.717, 1.165) is 19.4 Å². The Bertz CT molecular complexity index is 185. The van der Waals surface area contributed by atoms with Crippen LogP contribution in [0.2, 0.25) is 0 Å². The van der Waals surface area contributed by atoms with Crippen molar-refractivity contribution in [1.29, 1.82) is 0 Å². The first-order chi connectivity index (χ1) is 5.67. The van der Waals surface area contributed by atoms with Crippen molar-refractivity contribution in [2.45, 2.75) is 44.4 Å². The Morgan fingerprint density at radius 2 is 2.33 bits per heavy atom. The summed E-state index contributed by atoms with van der Waals surface area (Å²) in [5, 5.41) is 0.